The molecule has 24 heavy (non-hydrogen) atoms. The zero-order chi connectivity index (χ0) is 17.3. The van der Waals surface area contributed by atoms with Crippen LogP contribution in [0.15, 0.2) is 52.7 Å². The fourth-order valence-corrected chi connectivity index (χ4v) is 3.55. The molecule has 3 aromatic rings. The first-order valence-electron chi connectivity index (χ1n) is 7.14. The number of azide groups is 1. The molecule has 1 aromatic carbocycles. The summed E-state index contributed by atoms with van der Waals surface area (Å²) in [5, 5.41) is 3.57. The summed E-state index contributed by atoms with van der Waals surface area (Å²) < 4.78 is 26.6. The molecule has 1 atom stereocenters. The normalized spacial score (nSPS) is 12.8. The second-order valence-electron chi connectivity index (χ2n) is 5.31. The Balaban J connectivity index is 2.10. The third-order valence-electron chi connectivity index (χ3n) is 3.60. The highest BCUT2D eigenvalue weighted by Crippen LogP contribution is 2.22. The van der Waals surface area contributed by atoms with Gasteiger partial charge >= 0.3 is 0 Å². The summed E-state index contributed by atoms with van der Waals surface area (Å²) in [5.41, 5.74) is 10.6. The summed E-state index contributed by atoms with van der Waals surface area (Å²) in [6.07, 6.45) is 2.84. The smallest absolute Gasteiger partial charge is 0.247 e. The van der Waals surface area contributed by atoms with Gasteiger partial charge in [-0.1, -0.05) is 29.7 Å². The first kappa shape index (κ1) is 16.0. The van der Waals surface area contributed by atoms with Gasteiger partial charge in [0.25, 0.3) is 10.0 Å². The number of rotatable bonds is 4. The fraction of sp³-hybridized carbons (Fsp3) is 0.200. The Hall–Kier alpha value is -2.90. The molecule has 1 unspecified atom stereocenters. The van der Waals surface area contributed by atoms with Gasteiger partial charge in [-0.2, -0.15) is 0 Å². The Morgan fingerprint density at radius 2 is 1.96 bits per heavy atom. The molecule has 0 saturated heterocycles. The third kappa shape index (κ3) is 2.70. The van der Waals surface area contributed by atoms with Gasteiger partial charge in [-0.15, -0.1) is 0 Å². The highest BCUT2D eigenvalue weighted by atomic mass is 32.2. The van der Waals surface area contributed by atoms with E-state index in [4.69, 9.17) is 5.53 Å². The van der Waals surface area contributed by atoms with Crippen molar-refractivity contribution in [1.82, 2.24) is 13.9 Å². The zero-order valence-electron chi connectivity index (χ0n) is 13.0. The van der Waals surface area contributed by atoms with E-state index in [1.807, 2.05) is 6.92 Å². The molecule has 2 heterocycles. The molecule has 0 bridgehead atoms. The van der Waals surface area contributed by atoms with Crippen LogP contribution < -0.4 is 0 Å². The van der Waals surface area contributed by atoms with Gasteiger partial charge in [0.2, 0.25) is 0 Å². The summed E-state index contributed by atoms with van der Waals surface area (Å²) in [4.78, 5) is 11.4. The first-order chi connectivity index (χ1) is 11.4. The van der Waals surface area contributed by atoms with Crippen molar-refractivity contribution in [1.29, 1.82) is 0 Å². The standard InChI is InChI=1S/C15H14N6O2S/c1-10-3-5-12(6-4-10)24(22,23)21-8-7-13-15(21)17-9-14(18-13)11(2)19-20-16/h3-9,11H,1-2H3. The molecular weight excluding hydrogens is 328 g/mol. The summed E-state index contributed by atoms with van der Waals surface area (Å²) >= 11 is 0. The number of fused-ring (bicyclic) bond motifs is 1. The maximum absolute atomic E-state index is 12.8. The quantitative estimate of drug-likeness (QED) is 0.411. The van der Waals surface area contributed by atoms with Crippen LogP contribution in [-0.4, -0.2) is 22.4 Å². The summed E-state index contributed by atoms with van der Waals surface area (Å²) in [7, 11) is -3.75. The number of aromatic nitrogens is 3. The molecule has 3 rings (SSSR count). The van der Waals surface area contributed by atoms with E-state index in [0.29, 0.717) is 11.2 Å². The van der Waals surface area contributed by atoms with Gasteiger partial charge in [0.15, 0.2) is 5.65 Å². The van der Waals surface area contributed by atoms with Gasteiger partial charge in [0.05, 0.1) is 22.8 Å². The van der Waals surface area contributed by atoms with Gasteiger partial charge in [-0.3, -0.25) is 0 Å². The Morgan fingerprint density at radius 1 is 1.25 bits per heavy atom. The topological polar surface area (TPSA) is 114 Å². The molecule has 0 aliphatic heterocycles. The average Bonchev–Trinajstić information content (AvgIpc) is 2.99. The van der Waals surface area contributed by atoms with Crippen molar-refractivity contribution in [3.8, 4) is 0 Å². The van der Waals surface area contributed by atoms with E-state index < -0.39 is 16.1 Å². The van der Waals surface area contributed by atoms with Crippen molar-refractivity contribution in [2.75, 3.05) is 0 Å². The van der Waals surface area contributed by atoms with Gasteiger partial charge < -0.3 is 0 Å². The fourth-order valence-electron chi connectivity index (χ4n) is 2.26. The molecular formula is C15H14N6O2S. The zero-order valence-corrected chi connectivity index (χ0v) is 13.8. The van der Waals surface area contributed by atoms with Crippen molar-refractivity contribution in [3.05, 3.63) is 64.4 Å². The molecule has 0 saturated carbocycles. The first-order valence-corrected chi connectivity index (χ1v) is 8.58. The Kier molecular flexibility index (Phi) is 3.96. The lowest BCUT2D eigenvalue weighted by atomic mass is 10.2. The molecule has 0 spiro atoms. The van der Waals surface area contributed by atoms with E-state index in [9.17, 15) is 8.42 Å². The molecule has 0 amide bonds. The molecule has 0 radical (unpaired) electrons. The van der Waals surface area contributed by atoms with Crippen molar-refractivity contribution in [2.24, 2.45) is 5.11 Å². The van der Waals surface area contributed by atoms with Crippen LogP contribution in [0.2, 0.25) is 0 Å². The van der Waals surface area contributed by atoms with Crippen molar-refractivity contribution in [3.63, 3.8) is 0 Å². The van der Waals surface area contributed by atoms with Gasteiger partial charge in [-0.05, 0) is 30.7 Å². The van der Waals surface area contributed by atoms with E-state index in [-0.39, 0.29) is 10.5 Å². The molecule has 122 valence electrons. The maximum Gasteiger partial charge on any atom is 0.269 e. The van der Waals surface area contributed by atoms with Crippen LogP contribution in [0.5, 0.6) is 0 Å². The molecule has 0 aliphatic rings. The molecule has 0 N–H and O–H groups in total. The molecule has 0 fully saturated rings. The number of aryl methyl sites for hydroxylation is 1. The minimum Gasteiger partial charge on any atom is -0.247 e. The van der Waals surface area contributed by atoms with Crippen LogP contribution in [0.25, 0.3) is 21.6 Å². The largest absolute Gasteiger partial charge is 0.269 e. The van der Waals surface area contributed by atoms with Crippen molar-refractivity contribution >= 4 is 21.2 Å². The maximum atomic E-state index is 12.8. The summed E-state index contributed by atoms with van der Waals surface area (Å²) in [6.45, 7) is 3.58. The SMILES string of the molecule is Cc1ccc(S(=O)(=O)n2ccc3nc(C(C)N=[N+]=[N-])cnc32)cc1. The van der Waals surface area contributed by atoms with Crippen LogP contribution in [-0.2, 0) is 10.0 Å². The molecule has 9 heteroatoms. The number of hydrogen-bond donors (Lipinski definition) is 0. The number of hydrogen-bond acceptors (Lipinski definition) is 5. The Morgan fingerprint density at radius 3 is 2.62 bits per heavy atom. The number of nitrogens with zero attached hydrogens (tertiary/aromatic N) is 6. The highest BCUT2D eigenvalue weighted by molar-refractivity contribution is 7.90. The van der Waals surface area contributed by atoms with Gasteiger partial charge in [-0.25, -0.2) is 22.4 Å². The van der Waals surface area contributed by atoms with E-state index in [2.05, 4.69) is 20.0 Å². The van der Waals surface area contributed by atoms with Crippen LogP contribution in [0.3, 0.4) is 0 Å². The lowest BCUT2D eigenvalue weighted by Crippen LogP contribution is -2.12. The number of benzene rings is 1. The van der Waals surface area contributed by atoms with Crippen LogP contribution in [0.4, 0.5) is 0 Å². The predicted octanol–water partition coefficient (Wildman–Crippen LogP) is 3.35. The average molecular weight is 342 g/mol. The Labute approximate surface area is 138 Å². The Bertz CT molecular complexity index is 1050. The molecule has 0 aliphatic carbocycles. The predicted molar refractivity (Wildman–Crippen MR) is 88.9 cm³/mol. The minimum absolute atomic E-state index is 0.180. The van der Waals surface area contributed by atoms with Crippen LogP contribution in [0.1, 0.15) is 24.2 Å². The van der Waals surface area contributed by atoms with E-state index in [0.717, 1.165) is 9.54 Å². The lowest BCUT2D eigenvalue weighted by molar-refractivity contribution is 0.588. The summed E-state index contributed by atoms with van der Waals surface area (Å²) in [5.74, 6) is 0. The van der Waals surface area contributed by atoms with Gasteiger partial charge in [0.1, 0.15) is 5.52 Å². The van der Waals surface area contributed by atoms with Crippen molar-refractivity contribution in [2.45, 2.75) is 24.8 Å². The van der Waals surface area contributed by atoms with Crippen molar-refractivity contribution < 1.29 is 8.42 Å². The van der Waals surface area contributed by atoms with E-state index in [1.54, 1.807) is 37.3 Å². The molecule has 2 aromatic heterocycles. The second-order valence-corrected chi connectivity index (χ2v) is 7.13. The highest BCUT2D eigenvalue weighted by Gasteiger charge is 2.20. The molecule has 8 nitrogen and oxygen atoms in total. The second kappa shape index (κ2) is 5.95. The monoisotopic (exact) mass is 342 g/mol. The van der Waals surface area contributed by atoms with Gasteiger partial charge in [0, 0.05) is 11.1 Å². The lowest BCUT2D eigenvalue weighted by Gasteiger charge is -2.08. The van der Waals surface area contributed by atoms with Crippen LogP contribution >= 0.6 is 0 Å². The van der Waals surface area contributed by atoms with E-state index in [1.165, 1.54) is 12.4 Å². The van der Waals surface area contributed by atoms with E-state index >= 15 is 0 Å². The minimum atomic E-state index is -3.75. The summed E-state index contributed by atoms with van der Waals surface area (Å²) in [6, 6.07) is 7.68. The third-order valence-corrected chi connectivity index (χ3v) is 5.29. The van der Waals surface area contributed by atoms with Crippen LogP contribution in [0, 0.1) is 6.92 Å².